The van der Waals surface area contributed by atoms with Gasteiger partial charge in [0.1, 0.15) is 0 Å². The number of rotatable bonds is 10. The fourth-order valence-electron chi connectivity index (χ4n) is 3.98. The molecule has 0 saturated heterocycles. The van der Waals surface area contributed by atoms with Gasteiger partial charge in [0, 0.05) is 12.7 Å². The smallest absolute Gasteiger partial charge is 0.242 e. The van der Waals surface area contributed by atoms with Gasteiger partial charge in [-0.25, -0.2) is 13.4 Å². The van der Waals surface area contributed by atoms with E-state index in [4.69, 9.17) is 0 Å². The van der Waals surface area contributed by atoms with E-state index in [1.54, 1.807) is 15.6 Å². The van der Waals surface area contributed by atoms with Crippen LogP contribution in [0.15, 0.2) is 78.2 Å². The van der Waals surface area contributed by atoms with E-state index in [1.807, 2.05) is 74.3 Å². The molecular formula is C22H29B2N3O3S. The van der Waals surface area contributed by atoms with Crippen molar-refractivity contribution < 1.29 is 13.5 Å². The molecule has 9 heteroatoms. The third-order valence-electron chi connectivity index (χ3n) is 5.24. The van der Waals surface area contributed by atoms with Gasteiger partial charge in [-0.3, -0.25) is 4.13 Å². The molecule has 0 aliphatic rings. The first-order valence-electron chi connectivity index (χ1n) is 10.6. The van der Waals surface area contributed by atoms with Gasteiger partial charge in [0.2, 0.25) is 23.7 Å². The van der Waals surface area contributed by atoms with Crippen molar-refractivity contribution >= 4 is 23.7 Å². The molecule has 2 aromatic carbocycles. The molecule has 0 saturated carbocycles. The van der Waals surface area contributed by atoms with Crippen LogP contribution in [-0.4, -0.2) is 47.0 Å². The summed E-state index contributed by atoms with van der Waals surface area (Å²) in [6.07, 6.45) is 3.58. The Balaban J connectivity index is 1.92. The van der Waals surface area contributed by atoms with Gasteiger partial charge in [-0.05, 0) is 19.6 Å². The minimum atomic E-state index is -3.83. The summed E-state index contributed by atoms with van der Waals surface area (Å²) in [5.74, 6) is 0. The Morgan fingerprint density at radius 3 is 1.90 bits per heavy atom. The van der Waals surface area contributed by atoms with Gasteiger partial charge in [-0.1, -0.05) is 85.4 Å². The number of benzene rings is 2. The molecule has 0 fully saturated rings. The van der Waals surface area contributed by atoms with Crippen molar-refractivity contribution in [2.24, 2.45) is 0 Å². The maximum absolute atomic E-state index is 13.7. The molecule has 0 spiro atoms. The molecule has 6 nitrogen and oxygen atoms in total. The van der Waals surface area contributed by atoms with Crippen LogP contribution in [0.2, 0.25) is 13.6 Å². The van der Waals surface area contributed by atoms with Crippen LogP contribution in [0.3, 0.4) is 0 Å². The monoisotopic (exact) mass is 437 g/mol. The van der Waals surface area contributed by atoms with E-state index < -0.39 is 16.1 Å². The van der Waals surface area contributed by atoms with Crippen LogP contribution in [0, 0.1) is 0 Å². The van der Waals surface area contributed by atoms with Crippen molar-refractivity contribution in [3.05, 3.63) is 84.3 Å². The third-order valence-corrected chi connectivity index (χ3v) is 7.26. The molecule has 162 valence electrons. The van der Waals surface area contributed by atoms with Crippen LogP contribution in [0.1, 0.15) is 18.1 Å². The van der Waals surface area contributed by atoms with E-state index in [9.17, 15) is 13.5 Å². The number of sulfonamides is 1. The highest BCUT2D eigenvalue weighted by Gasteiger charge is 2.38. The molecule has 0 unspecified atom stereocenters. The van der Waals surface area contributed by atoms with E-state index in [2.05, 4.69) is 4.98 Å². The number of nitrogens with zero attached hydrogens (tertiary/aromatic N) is 3. The zero-order chi connectivity index (χ0) is 22.4. The SMILES string of the molecule is CB(Cc1ccccc1)N(B(C)Cc1ccccc1)S(=O)(=O)c1cn(C[C@H](C)O)cn1. The first-order valence-corrected chi connectivity index (χ1v) is 12.0. The highest BCUT2D eigenvalue weighted by molar-refractivity contribution is 7.91. The van der Waals surface area contributed by atoms with Crippen molar-refractivity contribution in [1.82, 2.24) is 13.7 Å². The van der Waals surface area contributed by atoms with Gasteiger partial charge in [0.25, 0.3) is 0 Å². The Labute approximate surface area is 186 Å². The molecule has 0 amide bonds. The quantitative estimate of drug-likeness (QED) is 0.495. The Hall–Kier alpha value is -2.35. The second kappa shape index (κ2) is 10.3. The summed E-state index contributed by atoms with van der Waals surface area (Å²) in [5.41, 5.74) is 2.17. The van der Waals surface area contributed by atoms with Crippen LogP contribution in [-0.2, 0) is 29.2 Å². The molecular weight excluding hydrogens is 408 g/mol. The summed E-state index contributed by atoms with van der Waals surface area (Å²) < 4.78 is 30.6. The molecule has 3 rings (SSSR count). The zero-order valence-electron chi connectivity index (χ0n) is 18.3. The number of hydrogen-bond acceptors (Lipinski definition) is 4. The van der Waals surface area contributed by atoms with Crippen molar-refractivity contribution in [1.29, 1.82) is 0 Å². The summed E-state index contributed by atoms with van der Waals surface area (Å²) in [6, 6.07) is 19.8. The maximum atomic E-state index is 13.7. The van der Waals surface area contributed by atoms with Gasteiger partial charge >= 0.3 is 0 Å². The van der Waals surface area contributed by atoms with Gasteiger partial charge in [0.05, 0.1) is 12.4 Å². The predicted octanol–water partition coefficient (Wildman–Crippen LogP) is 3.06. The van der Waals surface area contributed by atoms with Gasteiger partial charge in [-0.15, -0.1) is 0 Å². The number of aliphatic hydroxyl groups excluding tert-OH is 1. The third kappa shape index (κ3) is 6.09. The van der Waals surface area contributed by atoms with Crippen LogP contribution in [0.4, 0.5) is 0 Å². The predicted molar refractivity (Wildman–Crippen MR) is 126 cm³/mol. The minimum absolute atomic E-state index is 0.00738. The number of aromatic nitrogens is 2. The summed E-state index contributed by atoms with van der Waals surface area (Å²) in [5, 5.41) is 9.63. The second-order valence-electron chi connectivity index (χ2n) is 8.17. The molecule has 1 heterocycles. The average Bonchev–Trinajstić information content (AvgIpc) is 3.18. The highest BCUT2D eigenvalue weighted by atomic mass is 32.2. The molecule has 1 N–H and O–H groups in total. The van der Waals surface area contributed by atoms with Gasteiger partial charge < -0.3 is 9.67 Å². The molecule has 1 atom stereocenters. The number of aliphatic hydroxyl groups is 1. The average molecular weight is 437 g/mol. The fraction of sp³-hybridized carbons (Fsp3) is 0.318. The van der Waals surface area contributed by atoms with Crippen LogP contribution in [0.25, 0.3) is 0 Å². The lowest BCUT2D eigenvalue weighted by molar-refractivity contribution is 0.173. The molecule has 31 heavy (non-hydrogen) atoms. The normalized spacial score (nSPS) is 12.7. The van der Waals surface area contributed by atoms with E-state index >= 15 is 0 Å². The molecule has 1 aromatic heterocycles. The van der Waals surface area contributed by atoms with Crippen molar-refractivity contribution in [3.63, 3.8) is 0 Å². The highest BCUT2D eigenvalue weighted by Crippen LogP contribution is 2.21. The second-order valence-corrected chi connectivity index (χ2v) is 9.96. The van der Waals surface area contributed by atoms with Crippen molar-refractivity contribution in [2.45, 2.75) is 50.9 Å². The molecule has 3 aromatic rings. The Kier molecular flexibility index (Phi) is 7.75. The first kappa shape index (κ1) is 23.3. The van der Waals surface area contributed by atoms with Crippen LogP contribution in [0.5, 0.6) is 0 Å². The van der Waals surface area contributed by atoms with Gasteiger partial charge in [0.15, 0.2) is 5.03 Å². The Morgan fingerprint density at radius 2 is 1.45 bits per heavy atom. The largest absolute Gasteiger partial charge is 0.392 e. The molecule has 0 aliphatic carbocycles. The maximum Gasteiger partial charge on any atom is 0.242 e. The summed E-state index contributed by atoms with van der Waals surface area (Å²) in [4.78, 5) is 4.16. The molecule has 0 radical (unpaired) electrons. The van der Waals surface area contributed by atoms with E-state index in [0.717, 1.165) is 11.1 Å². The standard InChI is InChI=1S/C22H29B2N3O3S/c1-19(28)16-26-17-22(25-18-26)31(29,30)27(23(2)14-20-10-6-4-7-11-20)24(3)15-21-12-8-5-9-13-21/h4-13,17-19,28H,14-16H2,1-3H3/t19-/m0/s1. The summed E-state index contributed by atoms with van der Waals surface area (Å²) in [6.45, 7) is 5.32. The fourth-order valence-corrected chi connectivity index (χ4v) is 5.75. The summed E-state index contributed by atoms with van der Waals surface area (Å²) >= 11 is 0. The first-order chi connectivity index (χ1) is 14.8. The molecule has 0 aliphatic heterocycles. The lowest BCUT2D eigenvalue weighted by atomic mass is 9.48. The van der Waals surface area contributed by atoms with Crippen LogP contribution >= 0.6 is 0 Å². The van der Waals surface area contributed by atoms with Crippen molar-refractivity contribution in [3.8, 4) is 0 Å². The lowest BCUT2D eigenvalue weighted by Crippen LogP contribution is -2.52. The number of imidazole rings is 1. The van der Waals surface area contributed by atoms with E-state index in [0.29, 0.717) is 19.2 Å². The number of hydrogen-bond donors (Lipinski definition) is 1. The van der Waals surface area contributed by atoms with E-state index in [-0.39, 0.29) is 18.7 Å². The van der Waals surface area contributed by atoms with E-state index in [1.165, 1.54) is 12.5 Å². The Morgan fingerprint density at radius 1 is 0.968 bits per heavy atom. The zero-order valence-corrected chi connectivity index (χ0v) is 19.1. The van der Waals surface area contributed by atoms with Crippen LogP contribution < -0.4 is 0 Å². The topological polar surface area (TPSA) is 75.4 Å². The van der Waals surface area contributed by atoms with Gasteiger partial charge in [-0.2, -0.15) is 0 Å². The summed E-state index contributed by atoms with van der Waals surface area (Å²) in [7, 11) is -3.83. The lowest BCUT2D eigenvalue weighted by Gasteiger charge is -2.30. The van der Waals surface area contributed by atoms with Crippen molar-refractivity contribution in [2.75, 3.05) is 0 Å². The minimum Gasteiger partial charge on any atom is -0.392 e. The molecule has 0 bridgehead atoms. The Bertz CT molecular complexity index is 1010.